The first-order chi connectivity index (χ1) is 10.4. The normalized spacial score (nSPS) is 16.7. The Kier molecular flexibility index (Phi) is 7.40. The Hall–Kier alpha value is -1.22. The SMILES string of the molecule is Cl.NCC(NS(=O)(=O)Cc1ccc([N+](=O)[O-])cc1)C1CCCC1. The first-order valence-electron chi connectivity index (χ1n) is 7.34. The van der Waals surface area contributed by atoms with E-state index >= 15 is 0 Å². The van der Waals surface area contributed by atoms with E-state index in [4.69, 9.17) is 5.73 Å². The van der Waals surface area contributed by atoms with Crippen molar-refractivity contribution in [3.63, 3.8) is 0 Å². The molecule has 23 heavy (non-hydrogen) atoms. The second kappa shape index (κ2) is 8.58. The lowest BCUT2D eigenvalue weighted by molar-refractivity contribution is -0.384. The number of sulfonamides is 1. The Balaban J connectivity index is 0.00000264. The Labute approximate surface area is 142 Å². The molecule has 0 heterocycles. The summed E-state index contributed by atoms with van der Waals surface area (Å²) in [4.78, 5) is 10.1. The van der Waals surface area contributed by atoms with E-state index in [1.54, 1.807) is 0 Å². The molecule has 1 aliphatic carbocycles. The van der Waals surface area contributed by atoms with Crippen molar-refractivity contribution < 1.29 is 13.3 Å². The van der Waals surface area contributed by atoms with E-state index in [1.165, 1.54) is 24.3 Å². The van der Waals surface area contributed by atoms with Crippen LogP contribution < -0.4 is 10.5 Å². The van der Waals surface area contributed by atoms with Gasteiger partial charge in [-0.3, -0.25) is 10.1 Å². The molecule has 1 fully saturated rings. The number of nitro groups is 1. The molecule has 0 aromatic heterocycles. The zero-order chi connectivity index (χ0) is 16.2. The van der Waals surface area contributed by atoms with E-state index < -0.39 is 14.9 Å². The van der Waals surface area contributed by atoms with Crippen LogP contribution in [0.25, 0.3) is 0 Å². The third kappa shape index (κ3) is 5.72. The van der Waals surface area contributed by atoms with E-state index in [-0.39, 0.29) is 36.4 Å². The van der Waals surface area contributed by atoms with Crippen molar-refractivity contribution in [2.75, 3.05) is 6.54 Å². The number of hydrogen-bond donors (Lipinski definition) is 2. The molecule has 9 heteroatoms. The van der Waals surface area contributed by atoms with Gasteiger partial charge in [0.15, 0.2) is 0 Å². The predicted molar refractivity (Wildman–Crippen MR) is 90.9 cm³/mol. The second-order valence-corrected chi connectivity index (χ2v) is 7.44. The van der Waals surface area contributed by atoms with Crippen molar-refractivity contribution in [1.82, 2.24) is 4.72 Å². The number of rotatable bonds is 7. The Morgan fingerprint density at radius 3 is 2.30 bits per heavy atom. The standard InChI is InChI=1S/C14H21N3O4S.ClH/c15-9-14(12-3-1-2-4-12)16-22(20,21)10-11-5-7-13(8-6-11)17(18)19;/h5-8,12,14,16H,1-4,9-10,15H2;1H. The molecule has 0 saturated heterocycles. The Bertz CT molecular complexity index is 615. The maximum atomic E-state index is 12.2. The van der Waals surface area contributed by atoms with Crippen LogP contribution in [0.1, 0.15) is 31.2 Å². The molecular formula is C14H22ClN3O4S. The van der Waals surface area contributed by atoms with Gasteiger partial charge in [-0.05, 0) is 24.3 Å². The highest BCUT2D eigenvalue weighted by Gasteiger charge is 2.27. The molecule has 1 aromatic carbocycles. The lowest BCUT2D eigenvalue weighted by Crippen LogP contribution is -2.44. The average Bonchev–Trinajstić information content (AvgIpc) is 2.99. The fourth-order valence-electron chi connectivity index (χ4n) is 2.90. The molecule has 1 atom stereocenters. The molecule has 1 unspecified atom stereocenters. The molecule has 0 spiro atoms. The van der Waals surface area contributed by atoms with E-state index in [0.29, 0.717) is 11.5 Å². The minimum atomic E-state index is -3.52. The summed E-state index contributed by atoms with van der Waals surface area (Å²) in [5.74, 6) is 0.102. The van der Waals surface area contributed by atoms with Gasteiger partial charge in [-0.2, -0.15) is 0 Å². The summed E-state index contributed by atoms with van der Waals surface area (Å²) in [5.41, 5.74) is 6.16. The minimum Gasteiger partial charge on any atom is -0.329 e. The molecule has 1 aliphatic rings. The van der Waals surface area contributed by atoms with Gasteiger partial charge in [0.25, 0.3) is 5.69 Å². The second-order valence-electron chi connectivity index (χ2n) is 5.69. The van der Waals surface area contributed by atoms with E-state index in [0.717, 1.165) is 25.7 Å². The van der Waals surface area contributed by atoms with Gasteiger partial charge in [-0.15, -0.1) is 12.4 Å². The number of nitrogens with zero attached hydrogens (tertiary/aromatic N) is 1. The van der Waals surface area contributed by atoms with Crippen molar-refractivity contribution in [1.29, 1.82) is 0 Å². The molecule has 1 aromatic rings. The van der Waals surface area contributed by atoms with Gasteiger partial charge >= 0.3 is 0 Å². The molecule has 1 saturated carbocycles. The maximum absolute atomic E-state index is 12.2. The molecule has 7 nitrogen and oxygen atoms in total. The van der Waals surface area contributed by atoms with Gasteiger partial charge in [0.1, 0.15) is 0 Å². The summed E-state index contributed by atoms with van der Waals surface area (Å²) in [6, 6.07) is 5.31. The van der Waals surface area contributed by atoms with E-state index in [2.05, 4.69) is 4.72 Å². The fraction of sp³-hybridized carbons (Fsp3) is 0.571. The summed E-state index contributed by atoms with van der Waals surface area (Å²) in [5, 5.41) is 10.6. The average molecular weight is 364 g/mol. The van der Waals surface area contributed by atoms with Gasteiger partial charge in [0, 0.05) is 24.7 Å². The first kappa shape index (κ1) is 19.8. The van der Waals surface area contributed by atoms with Crippen LogP contribution in [0.4, 0.5) is 5.69 Å². The van der Waals surface area contributed by atoms with Crippen molar-refractivity contribution in [3.05, 3.63) is 39.9 Å². The maximum Gasteiger partial charge on any atom is 0.269 e. The van der Waals surface area contributed by atoms with Crippen molar-refractivity contribution in [3.8, 4) is 0 Å². The Morgan fingerprint density at radius 2 is 1.83 bits per heavy atom. The molecule has 0 amide bonds. The van der Waals surface area contributed by atoms with Gasteiger partial charge in [0.05, 0.1) is 10.7 Å². The number of halogens is 1. The molecule has 0 aliphatic heterocycles. The van der Waals surface area contributed by atoms with Gasteiger partial charge < -0.3 is 5.73 Å². The predicted octanol–water partition coefficient (Wildman–Crippen LogP) is 1.95. The van der Waals surface area contributed by atoms with Crippen LogP contribution in [0.5, 0.6) is 0 Å². The van der Waals surface area contributed by atoms with Crippen LogP contribution in [-0.4, -0.2) is 25.9 Å². The number of non-ortho nitro benzene ring substituents is 1. The quantitative estimate of drug-likeness (QED) is 0.567. The monoisotopic (exact) mass is 363 g/mol. The van der Waals surface area contributed by atoms with Gasteiger partial charge in [-0.25, -0.2) is 13.1 Å². The van der Waals surface area contributed by atoms with Crippen LogP contribution in [0.3, 0.4) is 0 Å². The lowest BCUT2D eigenvalue weighted by atomic mass is 9.99. The van der Waals surface area contributed by atoms with Crippen molar-refractivity contribution in [2.45, 2.75) is 37.5 Å². The fourth-order valence-corrected chi connectivity index (χ4v) is 4.37. The molecular weight excluding hydrogens is 342 g/mol. The Morgan fingerprint density at radius 1 is 1.26 bits per heavy atom. The van der Waals surface area contributed by atoms with Crippen LogP contribution >= 0.6 is 12.4 Å². The van der Waals surface area contributed by atoms with Crippen LogP contribution in [-0.2, 0) is 15.8 Å². The summed E-state index contributed by atoms with van der Waals surface area (Å²) in [6.07, 6.45) is 4.24. The zero-order valence-corrected chi connectivity index (χ0v) is 14.3. The van der Waals surface area contributed by atoms with Crippen LogP contribution in [0, 0.1) is 16.0 Å². The van der Waals surface area contributed by atoms with Crippen molar-refractivity contribution in [2.24, 2.45) is 11.7 Å². The highest BCUT2D eigenvalue weighted by atomic mass is 35.5. The molecule has 0 radical (unpaired) electrons. The molecule has 3 N–H and O–H groups in total. The highest BCUT2D eigenvalue weighted by Crippen LogP contribution is 2.28. The van der Waals surface area contributed by atoms with Gasteiger partial charge in [-0.1, -0.05) is 25.0 Å². The number of nitrogens with one attached hydrogen (secondary N) is 1. The summed E-state index contributed by atoms with van der Waals surface area (Å²) >= 11 is 0. The largest absolute Gasteiger partial charge is 0.329 e. The summed E-state index contributed by atoms with van der Waals surface area (Å²) in [7, 11) is -3.52. The number of hydrogen-bond acceptors (Lipinski definition) is 5. The first-order valence-corrected chi connectivity index (χ1v) is 9.00. The van der Waals surface area contributed by atoms with E-state index in [1.807, 2.05) is 0 Å². The number of nitrogens with two attached hydrogens (primary N) is 1. The molecule has 130 valence electrons. The van der Waals surface area contributed by atoms with Gasteiger partial charge in [0.2, 0.25) is 10.0 Å². The highest BCUT2D eigenvalue weighted by molar-refractivity contribution is 7.88. The van der Waals surface area contributed by atoms with Crippen LogP contribution in [0.15, 0.2) is 24.3 Å². The topological polar surface area (TPSA) is 115 Å². The number of benzene rings is 1. The summed E-state index contributed by atoms with van der Waals surface area (Å²) < 4.78 is 27.2. The summed E-state index contributed by atoms with van der Waals surface area (Å²) in [6.45, 7) is 0.282. The minimum absolute atomic E-state index is 0. The number of nitro benzene ring substituents is 1. The third-order valence-corrected chi connectivity index (χ3v) is 5.43. The van der Waals surface area contributed by atoms with E-state index in [9.17, 15) is 18.5 Å². The zero-order valence-electron chi connectivity index (χ0n) is 12.7. The third-order valence-electron chi connectivity index (χ3n) is 4.06. The van der Waals surface area contributed by atoms with Crippen molar-refractivity contribution >= 4 is 28.1 Å². The van der Waals surface area contributed by atoms with Crippen LogP contribution in [0.2, 0.25) is 0 Å². The molecule has 0 bridgehead atoms. The lowest BCUT2D eigenvalue weighted by Gasteiger charge is -2.23. The smallest absolute Gasteiger partial charge is 0.269 e. The molecule has 2 rings (SSSR count).